The van der Waals surface area contributed by atoms with Gasteiger partial charge in [-0.15, -0.1) is 0 Å². The van der Waals surface area contributed by atoms with E-state index in [1.165, 1.54) is 12.8 Å². The molecule has 33 heavy (non-hydrogen) atoms. The summed E-state index contributed by atoms with van der Waals surface area (Å²) in [4.78, 5) is 18.6. The van der Waals surface area contributed by atoms with Gasteiger partial charge in [0.05, 0.1) is 17.6 Å². The van der Waals surface area contributed by atoms with Crippen molar-refractivity contribution in [2.24, 2.45) is 0 Å². The molecule has 1 atom stereocenters. The monoisotopic (exact) mass is 450 g/mol. The van der Waals surface area contributed by atoms with Crippen LogP contribution < -0.4 is 15.5 Å². The van der Waals surface area contributed by atoms with Gasteiger partial charge < -0.3 is 24.8 Å². The summed E-state index contributed by atoms with van der Waals surface area (Å²) in [5, 5.41) is 17.9. The van der Waals surface area contributed by atoms with Crippen molar-refractivity contribution >= 4 is 28.5 Å². The number of anilines is 3. The largest absolute Gasteiger partial charge is 0.373 e. The molecule has 3 N–H and O–H groups in total. The third kappa shape index (κ3) is 4.80. The molecule has 0 aliphatic carbocycles. The zero-order valence-corrected chi connectivity index (χ0v) is 19.5. The van der Waals surface area contributed by atoms with E-state index in [1.54, 1.807) is 0 Å². The van der Waals surface area contributed by atoms with Gasteiger partial charge in [-0.3, -0.25) is 5.32 Å². The number of nitrogens with one attached hydrogen (secondary N) is 2. The predicted molar refractivity (Wildman–Crippen MR) is 131 cm³/mol. The second-order valence-corrected chi connectivity index (χ2v) is 9.32. The second kappa shape index (κ2) is 9.62. The average molecular weight is 451 g/mol. The first-order valence-corrected chi connectivity index (χ1v) is 12.0. The fourth-order valence-electron chi connectivity index (χ4n) is 4.90. The Morgan fingerprint density at radius 1 is 1.06 bits per heavy atom. The molecule has 1 saturated heterocycles. The van der Waals surface area contributed by atoms with Crippen molar-refractivity contribution in [3.05, 3.63) is 36.3 Å². The summed E-state index contributed by atoms with van der Waals surface area (Å²) in [6.07, 6.45) is 8.65. The van der Waals surface area contributed by atoms with Gasteiger partial charge in [0.1, 0.15) is 17.7 Å². The quantitative estimate of drug-likeness (QED) is 0.559. The van der Waals surface area contributed by atoms with Gasteiger partial charge >= 0.3 is 0 Å². The summed E-state index contributed by atoms with van der Waals surface area (Å²) in [7, 11) is 4.32. The number of aliphatic hydroxyl groups excluding tert-OH is 1. The first-order valence-electron chi connectivity index (χ1n) is 12.0. The standard InChI is InChI=1S/C24H34N8O/c1-30(2)18-8-12-31(13-9-18)19-6-7-21(26-16-19)28-24-27-15-17-14-20-23(33)25-10-4-3-5-11-32(20)22(17)29-24/h6-7,14-16,18,23,25,33H,3-5,8-13H2,1-2H3,(H,26,27,28,29). The number of aliphatic hydroxyl groups is 1. The van der Waals surface area contributed by atoms with E-state index in [0.29, 0.717) is 12.0 Å². The fourth-order valence-corrected chi connectivity index (χ4v) is 4.90. The molecule has 9 nitrogen and oxygen atoms in total. The maximum atomic E-state index is 10.6. The number of pyridine rings is 1. The Hall–Kier alpha value is -2.75. The van der Waals surface area contributed by atoms with Gasteiger partial charge in [-0.1, -0.05) is 6.42 Å². The maximum absolute atomic E-state index is 10.6. The Morgan fingerprint density at radius 2 is 1.91 bits per heavy atom. The minimum atomic E-state index is -0.689. The third-order valence-corrected chi connectivity index (χ3v) is 6.89. The molecule has 2 aliphatic rings. The number of piperidine rings is 1. The first kappa shape index (κ1) is 22.1. The van der Waals surface area contributed by atoms with Crippen molar-refractivity contribution in [1.29, 1.82) is 0 Å². The van der Waals surface area contributed by atoms with Crippen molar-refractivity contribution < 1.29 is 5.11 Å². The van der Waals surface area contributed by atoms with Gasteiger partial charge in [-0.25, -0.2) is 9.97 Å². The van der Waals surface area contributed by atoms with E-state index >= 15 is 0 Å². The summed E-state index contributed by atoms with van der Waals surface area (Å²) in [6.45, 7) is 3.76. The molecule has 176 valence electrons. The average Bonchev–Trinajstić information content (AvgIpc) is 3.22. The number of hydrogen-bond acceptors (Lipinski definition) is 8. The van der Waals surface area contributed by atoms with Crippen LogP contribution in [0.5, 0.6) is 0 Å². The lowest BCUT2D eigenvalue weighted by Gasteiger charge is -2.36. The van der Waals surface area contributed by atoms with Crippen molar-refractivity contribution in [1.82, 2.24) is 29.7 Å². The molecular weight excluding hydrogens is 416 g/mol. The highest BCUT2D eigenvalue weighted by Crippen LogP contribution is 2.26. The van der Waals surface area contributed by atoms with Gasteiger partial charge in [0.15, 0.2) is 0 Å². The van der Waals surface area contributed by atoms with E-state index in [4.69, 9.17) is 4.98 Å². The minimum Gasteiger partial charge on any atom is -0.373 e. The number of rotatable bonds is 4. The van der Waals surface area contributed by atoms with Gasteiger partial charge in [0, 0.05) is 37.3 Å². The molecule has 0 radical (unpaired) electrons. The van der Waals surface area contributed by atoms with Gasteiger partial charge in [-0.05, 0) is 64.5 Å². The smallest absolute Gasteiger partial charge is 0.230 e. The Morgan fingerprint density at radius 3 is 2.67 bits per heavy atom. The number of hydrogen-bond donors (Lipinski definition) is 3. The SMILES string of the molecule is CN(C)C1CCN(c2ccc(Nc3ncc4cc5n(c4n3)CCCCCNC5O)nc2)CC1. The van der Waals surface area contributed by atoms with Gasteiger partial charge in [0.2, 0.25) is 5.95 Å². The van der Waals surface area contributed by atoms with Crippen LogP contribution in [0.3, 0.4) is 0 Å². The summed E-state index contributed by atoms with van der Waals surface area (Å²) in [5.74, 6) is 1.23. The van der Waals surface area contributed by atoms with Crippen LogP contribution in [-0.4, -0.2) is 69.3 Å². The Bertz CT molecular complexity index is 1070. The highest BCUT2D eigenvalue weighted by Gasteiger charge is 2.21. The molecule has 3 aromatic rings. The molecule has 2 aliphatic heterocycles. The van der Waals surface area contributed by atoms with Crippen LogP contribution >= 0.6 is 0 Å². The van der Waals surface area contributed by atoms with Crippen LogP contribution in [0.15, 0.2) is 30.6 Å². The Kier molecular flexibility index (Phi) is 6.43. The molecule has 0 spiro atoms. The normalized spacial score (nSPS) is 20.4. The highest BCUT2D eigenvalue weighted by atomic mass is 16.3. The molecule has 0 amide bonds. The van der Waals surface area contributed by atoms with Crippen LogP contribution in [0.25, 0.3) is 11.0 Å². The molecule has 5 rings (SSSR count). The van der Waals surface area contributed by atoms with Crippen molar-refractivity contribution in [2.75, 3.05) is 43.9 Å². The lowest BCUT2D eigenvalue weighted by Crippen LogP contribution is -2.42. The van der Waals surface area contributed by atoms with E-state index in [2.05, 4.69) is 55.1 Å². The Labute approximate surface area is 194 Å². The van der Waals surface area contributed by atoms with Gasteiger partial charge in [-0.2, -0.15) is 4.98 Å². The summed E-state index contributed by atoms with van der Waals surface area (Å²) >= 11 is 0. The molecule has 1 unspecified atom stereocenters. The predicted octanol–water partition coefficient (Wildman–Crippen LogP) is 2.86. The molecule has 0 saturated carbocycles. The topological polar surface area (TPSA) is 94.4 Å². The van der Waals surface area contributed by atoms with E-state index < -0.39 is 6.23 Å². The first-order chi connectivity index (χ1) is 16.1. The van der Waals surface area contributed by atoms with Crippen molar-refractivity contribution in [3.8, 4) is 0 Å². The van der Waals surface area contributed by atoms with Crippen LogP contribution in [0, 0.1) is 0 Å². The van der Waals surface area contributed by atoms with E-state index in [0.717, 1.165) is 73.7 Å². The summed E-state index contributed by atoms with van der Waals surface area (Å²) in [6, 6.07) is 6.75. The lowest BCUT2D eigenvalue weighted by atomic mass is 10.0. The molecule has 0 bridgehead atoms. The minimum absolute atomic E-state index is 0.512. The molecule has 9 heteroatoms. The Balaban J connectivity index is 1.31. The fraction of sp³-hybridized carbons (Fsp3) is 0.542. The zero-order chi connectivity index (χ0) is 22.8. The van der Waals surface area contributed by atoms with Crippen LogP contribution in [0.2, 0.25) is 0 Å². The lowest BCUT2D eigenvalue weighted by molar-refractivity contribution is 0.132. The summed E-state index contributed by atoms with van der Waals surface area (Å²) in [5.41, 5.74) is 2.84. The molecular formula is C24H34N8O. The van der Waals surface area contributed by atoms with E-state index in [9.17, 15) is 5.11 Å². The molecule has 5 heterocycles. The van der Waals surface area contributed by atoms with Crippen LogP contribution in [-0.2, 0) is 6.54 Å². The number of fused-ring (bicyclic) bond motifs is 3. The van der Waals surface area contributed by atoms with E-state index in [-0.39, 0.29) is 0 Å². The van der Waals surface area contributed by atoms with Crippen molar-refractivity contribution in [3.63, 3.8) is 0 Å². The maximum Gasteiger partial charge on any atom is 0.230 e. The van der Waals surface area contributed by atoms with Crippen LogP contribution in [0.4, 0.5) is 17.5 Å². The summed E-state index contributed by atoms with van der Waals surface area (Å²) < 4.78 is 2.11. The molecule has 0 aromatic carbocycles. The number of aryl methyl sites for hydroxylation is 1. The highest BCUT2D eigenvalue weighted by molar-refractivity contribution is 5.78. The van der Waals surface area contributed by atoms with Crippen LogP contribution in [0.1, 0.15) is 44.0 Å². The molecule has 1 fully saturated rings. The zero-order valence-electron chi connectivity index (χ0n) is 19.5. The van der Waals surface area contributed by atoms with E-state index in [1.807, 2.05) is 24.5 Å². The second-order valence-electron chi connectivity index (χ2n) is 9.32. The van der Waals surface area contributed by atoms with Gasteiger partial charge in [0.25, 0.3) is 0 Å². The third-order valence-electron chi connectivity index (χ3n) is 6.89. The number of aromatic nitrogens is 4. The molecule has 3 aromatic heterocycles. The number of nitrogens with zero attached hydrogens (tertiary/aromatic N) is 6. The van der Waals surface area contributed by atoms with Crippen molar-refractivity contribution in [2.45, 2.75) is 50.9 Å².